The standard InChI is InChI=1S/C30H28BrN3O6/c1-30(2,3)40-29(37)33-24-11-9-21(38-14-13-31)15-20(24)16-26(33)27-23-17-22(39-18-19-7-5-4-6-8-19)10-12-25(23)34(32-27)28(35)36/h4-12,15-17H,13-14,18H2,1-3H3,(H,35,36). The molecule has 0 aliphatic heterocycles. The molecule has 0 bridgehead atoms. The lowest BCUT2D eigenvalue weighted by atomic mass is 10.1. The third kappa shape index (κ3) is 5.67. The number of rotatable bonds is 7. The van der Waals surface area contributed by atoms with Gasteiger partial charge in [0.15, 0.2) is 0 Å². The normalized spacial score (nSPS) is 11.6. The van der Waals surface area contributed by atoms with E-state index in [1.165, 1.54) is 4.57 Å². The zero-order chi connectivity index (χ0) is 28.4. The summed E-state index contributed by atoms with van der Waals surface area (Å²) < 4.78 is 19.8. The summed E-state index contributed by atoms with van der Waals surface area (Å²) >= 11 is 3.36. The number of carboxylic acid groups (broad SMARTS) is 1. The zero-order valence-electron chi connectivity index (χ0n) is 22.3. The highest BCUT2D eigenvalue weighted by Crippen LogP contribution is 2.36. The van der Waals surface area contributed by atoms with E-state index >= 15 is 0 Å². The van der Waals surface area contributed by atoms with Crippen LogP contribution in [0, 0.1) is 0 Å². The van der Waals surface area contributed by atoms with Gasteiger partial charge < -0.3 is 19.3 Å². The topological polar surface area (TPSA) is 105 Å². The summed E-state index contributed by atoms with van der Waals surface area (Å²) in [6.45, 7) is 6.17. The second-order valence-electron chi connectivity index (χ2n) is 10.1. The molecule has 10 heteroatoms. The number of halogens is 1. The summed E-state index contributed by atoms with van der Waals surface area (Å²) in [5, 5.41) is 16.2. The lowest BCUT2D eigenvalue weighted by molar-refractivity contribution is 0.0547. The minimum atomic E-state index is -1.25. The number of benzene rings is 3. The van der Waals surface area contributed by atoms with Crippen LogP contribution >= 0.6 is 15.9 Å². The predicted octanol–water partition coefficient (Wildman–Crippen LogP) is 7.32. The van der Waals surface area contributed by atoms with Crippen molar-refractivity contribution in [1.82, 2.24) is 14.3 Å². The van der Waals surface area contributed by atoms with Crippen LogP contribution in [0.15, 0.2) is 72.8 Å². The lowest BCUT2D eigenvalue weighted by Crippen LogP contribution is -2.27. The molecule has 0 unspecified atom stereocenters. The first-order valence-electron chi connectivity index (χ1n) is 12.7. The van der Waals surface area contributed by atoms with E-state index in [1.54, 1.807) is 57.2 Å². The quantitative estimate of drug-likeness (QED) is 0.194. The van der Waals surface area contributed by atoms with Crippen molar-refractivity contribution in [2.24, 2.45) is 0 Å². The Balaban J connectivity index is 1.67. The van der Waals surface area contributed by atoms with Gasteiger partial charge in [-0.2, -0.15) is 9.78 Å². The van der Waals surface area contributed by atoms with E-state index in [-0.39, 0.29) is 0 Å². The van der Waals surface area contributed by atoms with Crippen molar-refractivity contribution in [3.63, 3.8) is 0 Å². The number of nitrogens with zero attached hydrogens (tertiary/aromatic N) is 3. The Morgan fingerprint density at radius 1 is 0.925 bits per heavy atom. The van der Waals surface area contributed by atoms with Crippen LogP contribution in [-0.4, -0.2) is 49.2 Å². The average molecular weight is 606 g/mol. The molecule has 0 radical (unpaired) electrons. The van der Waals surface area contributed by atoms with Gasteiger partial charge in [0.2, 0.25) is 0 Å². The van der Waals surface area contributed by atoms with Gasteiger partial charge in [0.25, 0.3) is 0 Å². The maximum atomic E-state index is 13.5. The summed E-state index contributed by atoms with van der Waals surface area (Å²) in [7, 11) is 0. The molecule has 0 saturated carbocycles. The molecule has 3 aromatic carbocycles. The first-order chi connectivity index (χ1) is 19.1. The SMILES string of the molecule is CC(C)(C)OC(=O)n1c(-c2nn(C(=O)O)c3ccc(OCc4ccccc4)cc23)cc2cc(OCCBr)ccc21. The summed E-state index contributed by atoms with van der Waals surface area (Å²) in [5.41, 5.74) is 1.85. The number of hydrogen-bond donors (Lipinski definition) is 1. The Morgan fingerprint density at radius 2 is 1.62 bits per heavy atom. The fraction of sp³-hybridized carbons (Fsp3) is 0.233. The molecule has 5 aromatic rings. The van der Waals surface area contributed by atoms with Crippen LogP contribution in [0.2, 0.25) is 0 Å². The number of carbonyl (C=O) groups excluding carboxylic acids is 1. The van der Waals surface area contributed by atoms with E-state index in [9.17, 15) is 14.7 Å². The van der Waals surface area contributed by atoms with Crippen molar-refractivity contribution in [1.29, 1.82) is 0 Å². The second kappa shape index (κ2) is 11.1. The van der Waals surface area contributed by atoms with Crippen LogP contribution in [0.5, 0.6) is 11.5 Å². The van der Waals surface area contributed by atoms with Crippen LogP contribution < -0.4 is 9.47 Å². The minimum absolute atomic E-state index is 0.299. The molecular weight excluding hydrogens is 578 g/mol. The van der Waals surface area contributed by atoms with Gasteiger partial charge in [0.1, 0.15) is 29.4 Å². The third-order valence-corrected chi connectivity index (χ3v) is 6.34. The van der Waals surface area contributed by atoms with Gasteiger partial charge in [-0.15, -0.1) is 0 Å². The van der Waals surface area contributed by atoms with Crippen molar-refractivity contribution in [3.8, 4) is 22.9 Å². The van der Waals surface area contributed by atoms with Gasteiger partial charge in [0, 0.05) is 16.1 Å². The van der Waals surface area contributed by atoms with Gasteiger partial charge in [0.05, 0.1) is 23.3 Å². The van der Waals surface area contributed by atoms with Crippen molar-refractivity contribution in [2.75, 3.05) is 11.9 Å². The fourth-order valence-electron chi connectivity index (χ4n) is 4.38. The first kappa shape index (κ1) is 27.3. The summed E-state index contributed by atoms with van der Waals surface area (Å²) in [6, 6.07) is 22.0. The van der Waals surface area contributed by atoms with Gasteiger partial charge in [-0.3, -0.25) is 0 Å². The van der Waals surface area contributed by atoms with Gasteiger partial charge in [-0.05, 0) is 68.8 Å². The molecule has 0 saturated heterocycles. The highest BCUT2D eigenvalue weighted by atomic mass is 79.9. The molecule has 206 valence electrons. The fourth-order valence-corrected chi connectivity index (χ4v) is 4.54. The Hall–Kier alpha value is -4.31. The predicted molar refractivity (Wildman–Crippen MR) is 156 cm³/mol. The van der Waals surface area contributed by atoms with Crippen LogP contribution in [0.3, 0.4) is 0 Å². The van der Waals surface area contributed by atoms with E-state index in [0.717, 1.165) is 10.2 Å². The molecule has 1 N–H and O–H groups in total. The monoisotopic (exact) mass is 605 g/mol. The smallest absolute Gasteiger partial charge is 0.432 e. The van der Waals surface area contributed by atoms with Crippen molar-refractivity contribution >= 4 is 49.9 Å². The maximum Gasteiger partial charge on any atom is 0.432 e. The molecule has 0 spiro atoms. The summed E-state index contributed by atoms with van der Waals surface area (Å²) in [5.74, 6) is 1.17. The minimum Gasteiger partial charge on any atom is -0.493 e. The van der Waals surface area contributed by atoms with Crippen LogP contribution in [0.1, 0.15) is 26.3 Å². The Morgan fingerprint density at radius 3 is 2.30 bits per heavy atom. The molecule has 2 aromatic heterocycles. The largest absolute Gasteiger partial charge is 0.493 e. The summed E-state index contributed by atoms with van der Waals surface area (Å²) in [4.78, 5) is 25.6. The molecule has 5 rings (SSSR count). The molecular formula is C30H28BrN3O6. The van der Waals surface area contributed by atoms with E-state index in [0.29, 0.717) is 63.2 Å². The Kier molecular flexibility index (Phi) is 7.53. The molecule has 0 aliphatic carbocycles. The van der Waals surface area contributed by atoms with Crippen molar-refractivity contribution < 1.29 is 28.9 Å². The van der Waals surface area contributed by atoms with E-state index < -0.39 is 17.8 Å². The molecule has 0 atom stereocenters. The Bertz CT molecular complexity index is 1700. The number of alkyl halides is 1. The summed E-state index contributed by atoms with van der Waals surface area (Å²) in [6.07, 6.45) is -1.86. The number of fused-ring (bicyclic) bond motifs is 2. The molecule has 9 nitrogen and oxygen atoms in total. The van der Waals surface area contributed by atoms with Gasteiger partial charge in [-0.25, -0.2) is 14.2 Å². The number of carbonyl (C=O) groups is 2. The highest BCUT2D eigenvalue weighted by molar-refractivity contribution is 9.09. The van der Waals surface area contributed by atoms with Crippen molar-refractivity contribution in [3.05, 3.63) is 78.4 Å². The number of aromatic nitrogens is 3. The van der Waals surface area contributed by atoms with Crippen LogP contribution in [0.4, 0.5) is 9.59 Å². The highest BCUT2D eigenvalue weighted by Gasteiger charge is 2.27. The molecule has 40 heavy (non-hydrogen) atoms. The van der Waals surface area contributed by atoms with Gasteiger partial charge in [-0.1, -0.05) is 46.3 Å². The second-order valence-corrected chi connectivity index (χ2v) is 10.9. The van der Waals surface area contributed by atoms with E-state index in [4.69, 9.17) is 14.2 Å². The zero-order valence-corrected chi connectivity index (χ0v) is 23.8. The van der Waals surface area contributed by atoms with Crippen LogP contribution in [-0.2, 0) is 11.3 Å². The maximum absolute atomic E-state index is 13.5. The molecule has 0 aliphatic rings. The molecule has 2 heterocycles. The number of ether oxygens (including phenoxy) is 3. The number of hydrogen-bond acceptors (Lipinski definition) is 6. The Labute approximate surface area is 239 Å². The first-order valence-corrected chi connectivity index (χ1v) is 13.8. The molecule has 0 fully saturated rings. The lowest BCUT2D eigenvalue weighted by Gasteiger charge is -2.20. The molecule has 0 amide bonds. The average Bonchev–Trinajstić information content (AvgIpc) is 3.48. The van der Waals surface area contributed by atoms with Crippen LogP contribution in [0.25, 0.3) is 33.2 Å². The van der Waals surface area contributed by atoms with Crippen molar-refractivity contribution in [2.45, 2.75) is 33.0 Å². The van der Waals surface area contributed by atoms with E-state index in [1.807, 2.05) is 36.4 Å². The van der Waals surface area contributed by atoms with E-state index in [2.05, 4.69) is 21.0 Å². The third-order valence-electron chi connectivity index (χ3n) is 6.02. The van der Waals surface area contributed by atoms with Gasteiger partial charge >= 0.3 is 12.2 Å².